The van der Waals surface area contributed by atoms with Crippen LogP contribution in [0.25, 0.3) is 0 Å². The largest absolute Gasteiger partial charge is 0.469 e. The molecule has 2 atom stereocenters. The molecule has 1 rings (SSSR count). The SMILES string of the molecule is COC(=O)CN[C@H](c1ccccc1)[C@@H](C)C(=O)OC. The van der Waals surface area contributed by atoms with Gasteiger partial charge in [0.05, 0.1) is 26.7 Å². The molecule has 0 unspecified atom stereocenters. The maximum absolute atomic E-state index is 11.7. The van der Waals surface area contributed by atoms with Gasteiger partial charge >= 0.3 is 11.9 Å². The van der Waals surface area contributed by atoms with Crippen LogP contribution in [0.4, 0.5) is 0 Å². The lowest BCUT2D eigenvalue weighted by Gasteiger charge is -2.23. The summed E-state index contributed by atoms with van der Waals surface area (Å²) >= 11 is 0. The second kappa shape index (κ2) is 7.53. The number of hydrogen-bond acceptors (Lipinski definition) is 5. The molecule has 5 heteroatoms. The van der Waals surface area contributed by atoms with Crippen LogP contribution in [0.3, 0.4) is 0 Å². The van der Waals surface area contributed by atoms with E-state index < -0.39 is 5.92 Å². The van der Waals surface area contributed by atoms with Crippen molar-refractivity contribution in [1.29, 1.82) is 0 Å². The summed E-state index contributed by atoms with van der Waals surface area (Å²) in [6.07, 6.45) is 0. The summed E-state index contributed by atoms with van der Waals surface area (Å²) in [5.74, 6) is -1.11. The molecule has 0 aliphatic carbocycles. The molecular weight excluding hydrogens is 246 g/mol. The van der Waals surface area contributed by atoms with Gasteiger partial charge in [-0.1, -0.05) is 37.3 Å². The predicted molar refractivity (Wildman–Crippen MR) is 70.4 cm³/mol. The Morgan fingerprint density at radius 1 is 1.16 bits per heavy atom. The highest BCUT2D eigenvalue weighted by Gasteiger charge is 2.26. The molecule has 0 aliphatic rings. The molecule has 5 nitrogen and oxygen atoms in total. The van der Waals surface area contributed by atoms with Gasteiger partial charge in [-0.15, -0.1) is 0 Å². The monoisotopic (exact) mass is 265 g/mol. The normalized spacial score (nSPS) is 13.4. The molecule has 0 saturated carbocycles. The molecule has 0 bridgehead atoms. The van der Waals surface area contributed by atoms with Crippen LogP contribution in [0.2, 0.25) is 0 Å². The highest BCUT2D eigenvalue weighted by atomic mass is 16.5. The van der Waals surface area contributed by atoms with Crippen LogP contribution in [0.5, 0.6) is 0 Å². The number of carbonyl (C=O) groups is 2. The van der Waals surface area contributed by atoms with Crippen LogP contribution in [0.15, 0.2) is 30.3 Å². The number of hydrogen-bond donors (Lipinski definition) is 1. The van der Waals surface area contributed by atoms with Crippen molar-refractivity contribution in [2.24, 2.45) is 5.92 Å². The Balaban J connectivity index is 2.85. The van der Waals surface area contributed by atoms with Gasteiger partial charge in [-0.05, 0) is 5.56 Å². The minimum absolute atomic E-state index is 0.0391. The first kappa shape index (κ1) is 15.2. The van der Waals surface area contributed by atoms with E-state index in [0.717, 1.165) is 5.56 Å². The van der Waals surface area contributed by atoms with Crippen molar-refractivity contribution in [1.82, 2.24) is 5.32 Å². The molecule has 0 radical (unpaired) electrons. The van der Waals surface area contributed by atoms with Crippen LogP contribution < -0.4 is 5.32 Å². The second-order valence-electron chi connectivity index (χ2n) is 4.16. The number of methoxy groups -OCH3 is 2. The van der Waals surface area contributed by atoms with E-state index in [0.29, 0.717) is 0 Å². The molecule has 1 aromatic rings. The summed E-state index contributed by atoms with van der Waals surface area (Å²) in [5.41, 5.74) is 0.921. The molecule has 0 amide bonds. The van der Waals surface area contributed by atoms with E-state index in [1.807, 2.05) is 30.3 Å². The Hall–Kier alpha value is -1.88. The van der Waals surface area contributed by atoms with E-state index in [1.165, 1.54) is 14.2 Å². The predicted octanol–water partition coefficient (Wildman–Crippen LogP) is 1.30. The van der Waals surface area contributed by atoms with Gasteiger partial charge in [0.2, 0.25) is 0 Å². The van der Waals surface area contributed by atoms with Crippen LogP contribution in [-0.4, -0.2) is 32.7 Å². The highest BCUT2D eigenvalue weighted by molar-refractivity contribution is 5.74. The standard InChI is InChI=1S/C14H19NO4/c1-10(14(17)19-3)13(15-9-12(16)18-2)11-7-5-4-6-8-11/h4-8,10,13,15H,9H2,1-3H3/t10-,13+/m1/s1. The van der Waals surface area contributed by atoms with Crippen molar-refractivity contribution in [2.75, 3.05) is 20.8 Å². The first-order valence-corrected chi connectivity index (χ1v) is 6.03. The van der Waals surface area contributed by atoms with Crippen molar-refractivity contribution in [3.63, 3.8) is 0 Å². The molecule has 1 N–H and O–H groups in total. The molecule has 0 spiro atoms. The maximum atomic E-state index is 11.7. The van der Waals surface area contributed by atoms with Gasteiger partial charge in [0.15, 0.2) is 0 Å². The fourth-order valence-electron chi connectivity index (χ4n) is 1.83. The van der Waals surface area contributed by atoms with E-state index in [-0.39, 0.29) is 24.5 Å². The smallest absolute Gasteiger partial charge is 0.319 e. The molecule has 0 saturated heterocycles. The van der Waals surface area contributed by atoms with Gasteiger partial charge in [0, 0.05) is 6.04 Å². The zero-order chi connectivity index (χ0) is 14.3. The Bertz CT molecular complexity index is 419. The molecule has 0 aromatic heterocycles. The number of carbonyl (C=O) groups excluding carboxylic acids is 2. The summed E-state index contributed by atoms with van der Waals surface area (Å²) in [6, 6.07) is 9.15. The van der Waals surface area contributed by atoms with Crippen molar-refractivity contribution in [2.45, 2.75) is 13.0 Å². The minimum atomic E-state index is -0.406. The highest BCUT2D eigenvalue weighted by Crippen LogP contribution is 2.22. The molecule has 1 aromatic carbocycles. The summed E-state index contributed by atoms with van der Waals surface area (Å²) in [6.45, 7) is 1.80. The number of rotatable bonds is 6. The molecular formula is C14H19NO4. The van der Waals surface area contributed by atoms with Gasteiger partial charge < -0.3 is 9.47 Å². The van der Waals surface area contributed by atoms with Crippen molar-refractivity contribution in [3.8, 4) is 0 Å². The molecule has 19 heavy (non-hydrogen) atoms. The third-order valence-electron chi connectivity index (χ3n) is 2.93. The summed E-state index contributed by atoms with van der Waals surface area (Å²) in [4.78, 5) is 22.9. The third kappa shape index (κ3) is 4.37. The zero-order valence-electron chi connectivity index (χ0n) is 11.4. The number of esters is 2. The lowest BCUT2D eigenvalue weighted by atomic mass is 9.94. The number of benzene rings is 1. The Labute approximate surface area is 112 Å². The summed E-state index contributed by atoms with van der Waals surface area (Å²) in [5, 5.41) is 3.03. The van der Waals surface area contributed by atoms with E-state index in [2.05, 4.69) is 10.1 Å². The minimum Gasteiger partial charge on any atom is -0.469 e. The molecule has 0 fully saturated rings. The fourth-order valence-corrected chi connectivity index (χ4v) is 1.83. The van der Waals surface area contributed by atoms with Crippen LogP contribution in [-0.2, 0) is 19.1 Å². The quantitative estimate of drug-likeness (QED) is 0.785. The third-order valence-corrected chi connectivity index (χ3v) is 2.93. The van der Waals surface area contributed by atoms with E-state index in [4.69, 9.17) is 4.74 Å². The van der Waals surface area contributed by atoms with Gasteiger partial charge in [0.25, 0.3) is 0 Å². The Morgan fingerprint density at radius 2 is 1.79 bits per heavy atom. The average molecular weight is 265 g/mol. The first-order chi connectivity index (χ1) is 9.10. The van der Waals surface area contributed by atoms with Crippen molar-refractivity contribution in [3.05, 3.63) is 35.9 Å². The van der Waals surface area contributed by atoms with Crippen LogP contribution in [0.1, 0.15) is 18.5 Å². The van der Waals surface area contributed by atoms with Gasteiger partial charge in [-0.3, -0.25) is 14.9 Å². The lowest BCUT2D eigenvalue weighted by molar-refractivity contribution is -0.147. The Kier molecular flexibility index (Phi) is 6.02. The second-order valence-corrected chi connectivity index (χ2v) is 4.16. The number of ether oxygens (including phenoxy) is 2. The van der Waals surface area contributed by atoms with Crippen LogP contribution in [0, 0.1) is 5.92 Å². The van der Waals surface area contributed by atoms with E-state index in [9.17, 15) is 9.59 Å². The Morgan fingerprint density at radius 3 is 2.32 bits per heavy atom. The van der Waals surface area contributed by atoms with Gasteiger partial charge in [-0.2, -0.15) is 0 Å². The van der Waals surface area contributed by atoms with Gasteiger partial charge in [0.1, 0.15) is 0 Å². The summed E-state index contributed by atoms with van der Waals surface area (Å²) in [7, 11) is 2.67. The average Bonchev–Trinajstić information content (AvgIpc) is 2.47. The number of nitrogens with one attached hydrogen (secondary N) is 1. The molecule has 0 aliphatic heterocycles. The van der Waals surface area contributed by atoms with Gasteiger partial charge in [-0.25, -0.2) is 0 Å². The topological polar surface area (TPSA) is 64.6 Å². The maximum Gasteiger partial charge on any atom is 0.319 e. The van der Waals surface area contributed by atoms with Crippen molar-refractivity contribution < 1.29 is 19.1 Å². The molecule has 0 heterocycles. The lowest BCUT2D eigenvalue weighted by Crippen LogP contribution is -2.35. The molecule has 104 valence electrons. The van der Waals surface area contributed by atoms with Crippen LogP contribution >= 0.6 is 0 Å². The van der Waals surface area contributed by atoms with Crippen molar-refractivity contribution >= 4 is 11.9 Å². The van der Waals surface area contributed by atoms with E-state index in [1.54, 1.807) is 6.92 Å². The zero-order valence-corrected chi connectivity index (χ0v) is 11.4. The summed E-state index contributed by atoms with van der Waals surface area (Å²) < 4.78 is 9.34. The van der Waals surface area contributed by atoms with E-state index >= 15 is 0 Å². The first-order valence-electron chi connectivity index (χ1n) is 6.03. The fraction of sp³-hybridized carbons (Fsp3) is 0.429.